The van der Waals surface area contributed by atoms with Crippen molar-refractivity contribution in [2.75, 3.05) is 0 Å². The minimum absolute atomic E-state index is 0.0558. The van der Waals surface area contributed by atoms with Crippen LogP contribution in [0, 0.1) is 6.92 Å². The van der Waals surface area contributed by atoms with E-state index in [1.54, 1.807) is 0 Å². The van der Waals surface area contributed by atoms with Gasteiger partial charge in [0.2, 0.25) is 0 Å². The molecule has 0 saturated heterocycles. The van der Waals surface area contributed by atoms with E-state index in [-0.39, 0.29) is 6.10 Å². The maximum absolute atomic E-state index is 6.30. The van der Waals surface area contributed by atoms with Crippen LogP contribution < -0.4 is 4.74 Å². The number of benzene rings is 2. The average Bonchev–Trinajstić information content (AvgIpc) is 2.71. The fourth-order valence-corrected chi connectivity index (χ4v) is 2.75. The third-order valence-corrected chi connectivity index (χ3v) is 3.71. The molecule has 1 aliphatic rings. The minimum Gasteiger partial charge on any atom is -0.489 e. The number of hydrogen-bond donors (Lipinski definition) is 0. The summed E-state index contributed by atoms with van der Waals surface area (Å²) in [5, 5.41) is 1.32. The Morgan fingerprint density at radius 3 is 2.61 bits per heavy atom. The molecule has 1 heterocycles. The van der Waals surface area contributed by atoms with Crippen molar-refractivity contribution in [2.45, 2.75) is 12.5 Å². The van der Waals surface area contributed by atoms with Crippen molar-refractivity contribution < 1.29 is 4.74 Å². The minimum atomic E-state index is -0.0558. The number of ether oxygens (including phenoxy) is 1. The second kappa shape index (κ2) is 4.49. The smallest absolute Gasteiger partial charge is 0.132 e. The predicted molar refractivity (Wildman–Crippen MR) is 75.4 cm³/mol. The van der Waals surface area contributed by atoms with Gasteiger partial charge in [0.05, 0.1) is 5.02 Å². The molecule has 0 fully saturated rings. The van der Waals surface area contributed by atoms with Crippen LogP contribution in [0.25, 0.3) is 11.1 Å². The molecule has 3 rings (SSSR count). The molecule has 0 aromatic heterocycles. The third-order valence-electron chi connectivity index (χ3n) is 3.06. The van der Waals surface area contributed by atoms with Gasteiger partial charge in [0.15, 0.2) is 0 Å². The normalized spacial score (nSPS) is 17.4. The van der Waals surface area contributed by atoms with Crippen LogP contribution in [-0.2, 0) is 6.42 Å². The van der Waals surface area contributed by atoms with Crippen molar-refractivity contribution >= 4 is 23.2 Å². The van der Waals surface area contributed by atoms with Crippen LogP contribution in [-0.4, -0.2) is 6.10 Å². The average molecular weight is 278 g/mol. The zero-order valence-electron chi connectivity index (χ0n) is 9.62. The Morgan fingerprint density at radius 2 is 1.83 bits per heavy atom. The van der Waals surface area contributed by atoms with Gasteiger partial charge in [0, 0.05) is 22.6 Å². The van der Waals surface area contributed by atoms with Crippen molar-refractivity contribution in [3.05, 3.63) is 58.9 Å². The quantitative estimate of drug-likeness (QED) is 0.728. The maximum atomic E-state index is 6.30. The molecule has 0 N–H and O–H groups in total. The topological polar surface area (TPSA) is 9.23 Å². The first-order chi connectivity index (χ1) is 8.66. The van der Waals surface area contributed by atoms with Gasteiger partial charge in [-0.25, -0.2) is 0 Å². The van der Waals surface area contributed by atoms with Crippen molar-refractivity contribution in [3.63, 3.8) is 0 Å². The Balaban J connectivity index is 2.25. The Kier molecular flexibility index (Phi) is 2.96. The Hall–Kier alpha value is -1.18. The lowest BCUT2D eigenvalue weighted by Crippen LogP contribution is -2.06. The highest BCUT2D eigenvalue weighted by Crippen LogP contribution is 2.45. The molecule has 18 heavy (non-hydrogen) atoms. The highest BCUT2D eigenvalue weighted by Gasteiger charge is 2.25. The molecule has 2 aromatic rings. The summed E-state index contributed by atoms with van der Waals surface area (Å²) in [6, 6.07) is 11.5. The molecular weight excluding hydrogens is 267 g/mol. The van der Waals surface area contributed by atoms with Gasteiger partial charge in [-0.3, -0.25) is 0 Å². The molecular formula is C15H11Cl2O. The summed E-state index contributed by atoms with van der Waals surface area (Å²) in [4.78, 5) is 0. The van der Waals surface area contributed by atoms with Crippen molar-refractivity contribution in [3.8, 4) is 16.9 Å². The molecule has 0 amide bonds. The zero-order valence-corrected chi connectivity index (χ0v) is 11.1. The van der Waals surface area contributed by atoms with Gasteiger partial charge in [-0.2, -0.15) is 0 Å². The summed E-state index contributed by atoms with van der Waals surface area (Å²) in [6.45, 7) is 3.94. The van der Waals surface area contributed by atoms with E-state index in [2.05, 4.69) is 6.92 Å². The highest BCUT2D eigenvalue weighted by molar-refractivity contribution is 6.36. The first-order valence-electron chi connectivity index (χ1n) is 5.73. The number of rotatable bonds is 1. The summed E-state index contributed by atoms with van der Waals surface area (Å²) in [5.74, 6) is 0.815. The van der Waals surface area contributed by atoms with Gasteiger partial charge < -0.3 is 4.74 Å². The monoisotopic (exact) mass is 277 g/mol. The van der Waals surface area contributed by atoms with Crippen molar-refractivity contribution in [2.24, 2.45) is 0 Å². The second-order valence-corrected chi connectivity index (χ2v) is 5.15. The molecule has 2 aromatic carbocycles. The summed E-state index contributed by atoms with van der Waals surface area (Å²) >= 11 is 12.5. The van der Waals surface area contributed by atoms with E-state index in [9.17, 15) is 0 Å². The zero-order chi connectivity index (χ0) is 12.7. The first-order valence-corrected chi connectivity index (χ1v) is 6.48. The first kappa shape index (κ1) is 11.9. The summed E-state index contributed by atoms with van der Waals surface area (Å²) < 4.78 is 5.77. The van der Waals surface area contributed by atoms with Crippen LogP contribution in [0.1, 0.15) is 5.56 Å². The lowest BCUT2D eigenvalue weighted by Gasteiger charge is -2.12. The molecule has 0 spiro atoms. The van der Waals surface area contributed by atoms with Crippen LogP contribution in [0.2, 0.25) is 10.0 Å². The van der Waals surface area contributed by atoms with E-state index >= 15 is 0 Å². The number of fused-ring (bicyclic) bond motifs is 1. The highest BCUT2D eigenvalue weighted by atomic mass is 35.5. The molecule has 0 aliphatic carbocycles. The maximum Gasteiger partial charge on any atom is 0.132 e. The van der Waals surface area contributed by atoms with Crippen molar-refractivity contribution in [1.29, 1.82) is 0 Å². The SMILES string of the molecule is [CH2]C1Cc2ccc(Cl)c(-c3ccccc3Cl)c2O1. The van der Waals surface area contributed by atoms with Gasteiger partial charge in [-0.05, 0) is 24.6 Å². The van der Waals surface area contributed by atoms with E-state index in [0.717, 1.165) is 28.9 Å². The molecule has 3 heteroatoms. The van der Waals surface area contributed by atoms with Crippen LogP contribution in [0.3, 0.4) is 0 Å². The molecule has 1 atom stereocenters. The molecule has 91 valence electrons. The molecule has 1 radical (unpaired) electrons. The van der Waals surface area contributed by atoms with Gasteiger partial charge in [0.1, 0.15) is 11.9 Å². The van der Waals surface area contributed by atoms with E-state index in [1.807, 2.05) is 36.4 Å². The lowest BCUT2D eigenvalue weighted by atomic mass is 10.0. The number of hydrogen-bond acceptors (Lipinski definition) is 1. The molecule has 0 bridgehead atoms. The Bertz CT molecular complexity index is 607. The molecule has 1 aliphatic heterocycles. The fourth-order valence-electron chi connectivity index (χ4n) is 2.27. The second-order valence-electron chi connectivity index (χ2n) is 4.33. The summed E-state index contributed by atoms with van der Waals surface area (Å²) in [6.07, 6.45) is 0.754. The lowest BCUT2D eigenvalue weighted by molar-refractivity contribution is 0.282. The summed E-state index contributed by atoms with van der Waals surface area (Å²) in [5.41, 5.74) is 2.90. The van der Waals surface area contributed by atoms with Gasteiger partial charge in [0.25, 0.3) is 0 Å². The van der Waals surface area contributed by atoms with E-state index in [1.165, 1.54) is 0 Å². The Labute approximate surface area is 116 Å². The Morgan fingerprint density at radius 1 is 1.06 bits per heavy atom. The third kappa shape index (κ3) is 1.88. The van der Waals surface area contributed by atoms with Gasteiger partial charge >= 0.3 is 0 Å². The largest absolute Gasteiger partial charge is 0.489 e. The van der Waals surface area contributed by atoms with Crippen molar-refractivity contribution in [1.82, 2.24) is 0 Å². The van der Waals surface area contributed by atoms with E-state index in [0.29, 0.717) is 10.0 Å². The standard InChI is InChI=1S/C15H11Cl2O/c1-9-8-10-6-7-13(17)14(15(10)18-9)11-4-2-3-5-12(11)16/h2-7,9H,1,8H2. The van der Waals surface area contributed by atoms with Crippen LogP contribution in [0.5, 0.6) is 5.75 Å². The van der Waals surface area contributed by atoms with Gasteiger partial charge in [-0.15, -0.1) is 0 Å². The van der Waals surface area contributed by atoms with Crippen LogP contribution in [0.15, 0.2) is 36.4 Å². The fraction of sp³-hybridized carbons (Fsp3) is 0.133. The number of halogens is 2. The van der Waals surface area contributed by atoms with E-state index in [4.69, 9.17) is 27.9 Å². The molecule has 1 unspecified atom stereocenters. The van der Waals surface area contributed by atoms with E-state index < -0.39 is 0 Å². The molecule has 1 nitrogen and oxygen atoms in total. The van der Waals surface area contributed by atoms with Crippen LogP contribution in [0.4, 0.5) is 0 Å². The predicted octanol–water partition coefficient (Wildman–Crippen LogP) is 4.80. The van der Waals surface area contributed by atoms with Crippen LogP contribution >= 0.6 is 23.2 Å². The van der Waals surface area contributed by atoms with Gasteiger partial charge in [-0.1, -0.05) is 47.5 Å². The molecule has 0 saturated carbocycles. The summed E-state index contributed by atoms with van der Waals surface area (Å²) in [7, 11) is 0.